The van der Waals surface area contributed by atoms with Crippen molar-refractivity contribution in [3.8, 4) is 0 Å². The van der Waals surface area contributed by atoms with Gasteiger partial charge in [0.2, 0.25) is 0 Å². The van der Waals surface area contributed by atoms with Crippen molar-refractivity contribution in [2.75, 3.05) is 0 Å². The number of quaternary nitrogens is 1. The first-order valence-electron chi connectivity index (χ1n) is 9.97. The summed E-state index contributed by atoms with van der Waals surface area (Å²) in [5.74, 6) is -2.02. The summed E-state index contributed by atoms with van der Waals surface area (Å²) >= 11 is 0. The van der Waals surface area contributed by atoms with Gasteiger partial charge in [-0.2, -0.15) is 26.3 Å². The summed E-state index contributed by atoms with van der Waals surface area (Å²) in [6.07, 6.45) is -10.7. The van der Waals surface area contributed by atoms with Gasteiger partial charge in [0, 0.05) is 29.2 Å². The molecule has 2 aromatic carbocycles. The minimum absolute atomic E-state index is 0.119. The van der Waals surface area contributed by atoms with E-state index in [-0.39, 0.29) is 30.2 Å². The highest BCUT2D eigenvalue weighted by molar-refractivity contribution is 6.09. The largest absolute Gasteiger partial charge is 0.456 e. The number of alkyl halides is 6. The number of benzene rings is 2. The molecular weight excluding hydrogens is 486 g/mol. The topological polar surface area (TPSA) is 114 Å². The molecule has 0 amide bonds. The summed E-state index contributed by atoms with van der Waals surface area (Å²) in [6.45, 7) is 4.76. The fourth-order valence-corrected chi connectivity index (χ4v) is 3.05. The zero-order valence-corrected chi connectivity index (χ0v) is 18.7. The molecule has 0 aliphatic heterocycles. The number of nitro benzene ring substituents is 1. The van der Waals surface area contributed by atoms with Crippen LogP contribution in [0.2, 0.25) is 0 Å². The van der Waals surface area contributed by atoms with E-state index in [2.05, 4.69) is 5.73 Å². The van der Waals surface area contributed by atoms with E-state index in [4.69, 9.17) is 4.74 Å². The van der Waals surface area contributed by atoms with E-state index < -0.39 is 68.6 Å². The SMILES string of the molecule is CC(C)(C)OC(=O)C([NH3+])Cc1cc(C(=O)c2cc(C(F)(F)F)cc(C(F)(F)F)c2)ccc1[N+](=O)[O-]. The maximum Gasteiger partial charge on any atom is 0.416 e. The molecule has 0 spiro atoms. The Morgan fingerprint density at radius 1 is 0.943 bits per heavy atom. The summed E-state index contributed by atoms with van der Waals surface area (Å²) in [5, 5.41) is 11.4. The maximum atomic E-state index is 13.1. The fraction of sp³-hybridized carbons (Fsp3) is 0.364. The second-order valence-electron chi connectivity index (χ2n) is 8.66. The van der Waals surface area contributed by atoms with Crippen molar-refractivity contribution < 1.29 is 51.3 Å². The van der Waals surface area contributed by atoms with E-state index >= 15 is 0 Å². The van der Waals surface area contributed by atoms with E-state index in [1.165, 1.54) is 0 Å². The predicted molar refractivity (Wildman–Crippen MR) is 109 cm³/mol. The molecule has 2 rings (SSSR count). The van der Waals surface area contributed by atoms with Crippen LogP contribution in [0.15, 0.2) is 36.4 Å². The van der Waals surface area contributed by atoms with Gasteiger partial charge in [-0.25, -0.2) is 4.79 Å². The van der Waals surface area contributed by atoms with Crippen molar-refractivity contribution in [1.82, 2.24) is 0 Å². The molecule has 0 heterocycles. The second-order valence-corrected chi connectivity index (χ2v) is 8.66. The highest BCUT2D eigenvalue weighted by atomic mass is 19.4. The molecule has 0 aliphatic carbocycles. The van der Waals surface area contributed by atoms with Gasteiger partial charge in [-0.05, 0) is 51.1 Å². The Morgan fingerprint density at radius 2 is 1.46 bits per heavy atom. The van der Waals surface area contributed by atoms with Crippen molar-refractivity contribution in [3.05, 3.63) is 74.3 Å². The van der Waals surface area contributed by atoms with Gasteiger partial charge in [0.25, 0.3) is 5.69 Å². The van der Waals surface area contributed by atoms with E-state index in [1.54, 1.807) is 20.8 Å². The number of carbonyl (C=O) groups excluding carboxylic acids is 2. The van der Waals surface area contributed by atoms with Crippen molar-refractivity contribution in [3.63, 3.8) is 0 Å². The third kappa shape index (κ3) is 7.25. The van der Waals surface area contributed by atoms with Crippen molar-refractivity contribution in [1.29, 1.82) is 0 Å². The average Bonchev–Trinajstić information content (AvgIpc) is 2.70. The number of hydrogen-bond acceptors (Lipinski definition) is 5. The molecule has 0 bridgehead atoms. The number of ketones is 1. The smallest absolute Gasteiger partial charge is 0.416 e. The number of halogens is 6. The molecule has 190 valence electrons. The van der Waals surface area contributed by atoms with Gasteiger partial charge in [0.15, 0.2) is 11.8 Å². The lowest BCUT2D eigenvalue weighted by atomic mass is 9.95. The first-order chi connectivity index (χ1) is 15.8. The minimum Gasteiger partial charge on any atom is -0.456 e. The lowest BCUT2D eigenvalue weighted by Crippen LogP contribution is -2.67. The van der Waals surface area contributed by atoms with Gasteiger partial charge in [-0.1, -0.05) is 0 Å². The van der Waals surface area contributed by atoms with Crippen molar-refractivity contribution in [2.24, 2.45) is 0 Å². The molecule has 1 atom stereocenters. The van der Waals surface area contributed by atoms with E-state index in [1.807, 2.05) is 0 Å². The molecule has 0 saturated carbocycles. The van der Waals surface area contributed by atoms with Gasteiger partial charge in [0.05, 0.1) is 16.1 Å². The lowest BCUT2D eigenvalue weighted by molar-refractivity contribution is -0.411. The Morgan fingerprint density at radius 3 is 1.89 bits per heavy atom. The highest BCUT2D eigenvalue weighted by Gasteiger charge is 2.38. The van der Waals surface area contributed by atoms with Crippen LogP contribution in [-0.4, -0.2) is 28.3 Å². The quantitative estimate of drug-likeness (QED) is 0.205. The molecule has 0 saturated heterocycles. The van der Waals surface area contributed by atoms with Crippen LogP contribution < -0.4 is 5.73 Å². The van der Waals surface area contributed by atoms with Gasteiger partial charge in [-0.3, -0.25) is 14.9 Å². The number of hydrogen-bond donors (Lipinski definition) is 1. The van der Waals surface area contributed by atoms with Gasteiger partial charge < -0.3 is 10.5 Å². The summed E-state index contributed by atoms with van der Waals surface area (Å²) in [5.41, 5.74) is -2.65. The Hall–Kier alpha value is -3.48. The van der Waals surface area contributed by atoms with Gasteiger partial charge in [-0.15, -0.1) is 0 Å². The number of rotatable bonds is 6. The van der Waals surface area contributed by atoms with E-state index in [9.17, 15) is 46.0 Å². The Labute approximate surface area is 195 Å². The second kappa shape index (κ2) is 9.64. The van der Waals surface area contributed by atoms with Crippen LogP contribution in [0.1, 0.15) is 53.4 Å². The zero-order chi connectivity index (χ0) is 26.9. The molecule has 35 heavy (non-hydrogen) atoms. The monoisotopic (exact) mass is 507 g/mol. The van der Waals surface area contributed by atoms with Crippen molar-refractivity contribution in [2.45, 2.75) is 51.2 Å². The Balaban J connectivity index is 2.53. The van der Waals surface area contributed by atoms with Crippen molar-refractivity contribution >= 4 is 17.4 Å². The predicted octanol–water partition coefficient (Wildman–Crippen LogP) is 4.36. The van der Waals surface area contributed by atoms with E-state index in [0.29, 0.717) is 0 Å². The summed E-state index contributed by atoms with van der Waals surface area (Å²) in [4.78, 5) is 35.6. The number of carbonyl (C=O) groups is 2. The first-order valence-corrected chi connectivity index (χ1v) is 9.97. The van der Waals surface area contributed by atoms with Crippen LogP contribution in [0, 0.1) is 10.1 Å². The molecule has 1 unspecified atom stereocenters. The third-order valence-corrected chi connectivity index (χ3v) is 4.59. The number of nitrogens with zero attached hydrogens (tertiary/aromatic N) is 1. The number of ether oxygens (including phenoxy) is 1. The molecule has 13 heteroatoms. The number of esters is 1. The Bertz CT molecular complexity index is 1120. The normalized spacial score (nSPS) is 13.3. The first kappa shape index (κ1) is 27.8. The number of nitro groups is 1. The lowest BCUT2D eigenvalue weighted by Gasteiger charge is -2.20. The van der Waals surface area contributed by atoms with Gasteiger partial charge in [0.1, 0.15) is 5.60 Å². The molecular formula is C22H21F6N2O5+. The minimum atomic E-state index is -5.16. The summed E-state index contributed by atoms with van der Waals surface area (Å²) < 4.78 is 84.0. The standard InChI is InChI=1S/C22H20F6N2O5/c1-20(2,3)35-19(32)16(29)9-12-6-11(4-5-17(12)30(33)34)18(31)13-7-14(21(23,24)25)10-15(8-13)22(26,27)28/h4-8,10,16H,9,29H2,1-3H3/p+1. The third-order valence-electron chi connectivity index (χ3n) is 4.59. The fourth-order valence-electron chi connectivity index (χ4n) is 3.05. The molecule has 0 aromatic heterocycles. The molecule has 2 aromatic rings. The van der Waals surface area contributed by atoms with Crippen LogP contribution in [0.4, 0.5) is 32.0 Å². The van der Waals surface area contributed by atoms with Crippen LogP contribution in [0.5, 0.6) is 0 Å². The summed E-state index contributed by atoms with van der Waals surface area (Å²) in [6, 6.07) is 1.99. The zero-order valence-electron chi connectivity index (χ0n) is 18.7. The molecule has 0 fully saturated rings. The van der Waals surface area contributed by atoms with Gasteiger partial charge >= 0.3 is 18.3 Å². The van der Waals surface area contributed by atoms with Crippen LogP contribution in [-0.2, 0) is 28.3 Å². The molecule has 0 radical (unpaired) electrons. The van der Waals surface area contributed by atoms with Crippen LogP contribution in [0.3, 0.4) is 0 Å². The van der Waals surface area contributed by atoms with Crippen LogP contribution >= 0.6 is 0 Å². The maximum absolute atomic E-state index is 13.1. The molecule has 7 nitrogen and oxygen atoms in total. The summed E-state index contributed by atoms with van der Waals surface area (Å²) in [7, 11) is 0. The average molecular weight is 507 g/mol. The molecule has 3 N–H and O–H groups in total. The Kier molecular flexibility index (Phi) is 7.65. The highest BCUT2D eigenvalue weighted by Crippen LogP contribution is 2.37. The molecule has 0 aliphatic rings. The van der Waals surface area contributed by atoms with E-state index in [0.717, 1.165) is 18.2 Å². The van der Waals surface area contributed by atoms with Crippen LogP contribution in [0.25, 0.3) is 0 Å².